The molecule has 0 bridgehead atoms. The number of piperazine rings is 1. The summed E-state index contributed by atoms with van der Waals surface area (Å²) in [6.07, 6.45) is 4.35. The normalized spacial score (nSPS) is 14.9. The van der Waals surface area contributed by atoms with E-state index in [9.17, 15) is 9.59 Å². The topological polar surface area (TPSA) is 77.6 Å². The van der Waals surface area contributed by atoms with E-state index in [2.05, 4.69) is 49.7 Å². The monoisotopic (exact) mass is 457 g/mol. The van der Waals surface area contributed by atoms with Crippen molar-refractivity contribution in [3.8, 4) is 0 Å². The van der Waals surface area contributed by atoms with Gasteiger partial charge < -0.3 is 15.5 Å². The highest BCUT2D eigenvalue weighted by Gasteiger charge is 2.27. The third kappa shape index (κ3) is 5.80. The first-order valence-electron chi connectivity index (χ1n) is 11.8. The number of nitrogens with one attached hydrogen (secondary N) is 2. The molecule has 3 aromatic rings. The lowest BCUT2D eigenvalue weighted by Crippen LogP contribution is -2.50. The van der Waals surface area contributed by atoms with Crippen LogP contribution < -0.4 is 15.5 Å². The summed E-state index contributed by atoms with van der Waals surface area (Å²) in [5, 5.41) is 5.59. The number of pyridine rings is 1. The van der Waals surface area contributed by atoms with E-state index in [4.69, 9.17) is 0 Å². The van der Waals surface area contributed by atoms with Crippen LogP contribution in [0.15, 0.2) is 79.1 Å². The Balaban J connectivity index is 1.39. The zero-order valence-electron chi connectivity index (χ0n) is 19.5. The molecule has 0 saturated carbocycles. The fourth-order valence-corrected chi connectivity index (χ4v) is 4.36. The van der Waals surface area contributed by atoms with Crippen molar-refractivity contribution in [2.24, 2.45) is 0 Å². The maximum absolute atomic E-state index is 12.6. The number of nitrogens with zero attached hydrogens (tertiary/aromatic N) is 3. The molecule has 1 aromatic heterocycles. The van der Waals surface area contributed by atoms with Gasteiger partial charge in [0, 0.05) is 56.5 Å². The second-order valence-electron chi connectivity index (χ2n) is 8.34. The number of benzene rings is 2. The van der Waals surface area contributed by atoms with Gasteiger partial charge >= 0.3 is 11.8 Å². The average molecular weight is 458 g/mol. The quantitative estimate of drug-likeness (QED) is 0.533. The highest BCUT2D eigenvalue weighted by atomic mass is 16.2. The van der Waals surface area contributed by atoms with Crippen LogP contribution in [0.3, 0.4) is 0 Å². The largest absolute Gasteiger partial charge is 0.369 e. The minimum atomic E-state index is -0.653. The Hall–Kier alpha value is -3.71. The van der Waals surface area contributed by atoms with Gasteiger partial charge in [-0.05, 0) is 41.8 Å². The van der Waals surface area contributed by atoms with E-state index in [-0.39, 0.29) is 6.04 Å². The Kier molecular flexibility index (Phi) is 7.88. The molecule has 176 valence electrons. The first-order chi connectivity index (χ1) is 16.7. The van der Waals surface area contributed by atoms with Crippen LogP contribution in [0.1, 0.15) is 24.1 Å². The van der Waals surface area contributed by atoms with E-state index < -0.39 is 11.8 Å². The van der Waals surface area contributed by atoms with Gasteiger partial charge in [0.05, 0.1) is 6.04 Å². The number of hydrogen-bond donors (Lipinski definition) is 2. The summed E-state index contributed by atoms with van der Waals surface area (Å²) in [6.45, 7) is 5.83. The van der Waals surface area contributed by atoms with Crippen molar-refractivity contribution in [1.29, 1.82) is 0 Å². The molecule has 1 fully saturated rings. The summed E-state index contributed by atoms with van der Waals surface area (Å²) in [7, 11) is 0. The SMILES string of the molecule is CCc1ccccc1NC(=O)C(=O)NCC(c1cccnc1)N1CCN(c2ccccc2)CC1. The number of anilines is 2. The lowest BCUT2D eigenvalue weighted by Gasteiger charge is -2.40. The minimum absolute atomic E-state index is 0.0636. The summed E-state index contributed by atoms with van der Waals surface area (Å²) in [6, 6.07) is 21.8. The number of hydrogen-bond acceptors (Lipinski definition) is 5. The number of amides is 2. The second kappa shape index (κ2) is 11.4. The van der Waals surface area contributed by atoms with Crippen molar-refractivity contribution in [2.75, 3.05) is 42.9 Å². The van der Waals surface area contributed by atoms with Gasteiger partial charge in [-0.15, -0.1) is 0 Å². The fourth-order valence-electron chi connectivity index (χ4n) is 4.36. The molecular formula is C27H31N5O2. The second-order valence-corrected chi connectivity index (χ2v) is 8.34. The smallest absolute Gasteiger partial charge is 0.313 e. The molecule has 2 N–H and O–H groups in total. The van der Waals surface area contributed by atoms with Crippen LogP contribution in [0.2, 0.25) is 0 Å². The fraction of sp³-hybridized carbons (Fsp3) is 0.296. The lowest BCUT2D eigenvalue weighted by atomic mass is 10.1. The summed E-state index contributed by atoms with van der Waals surface area (Å²) in [5.74, 6) is -1.29. The molecule has 1 saturated heterocycles. The molecule has 7 nitrogen and oxygen atoms in total. The van der Waals surface area contributed by atoms with Gasteiger partial charge in [0.1, 0.15) is 0 Å². The van der Waals surface area contributed by atoms with Crippen molar-refractivity contribution in [3.63, 3.8) is 0 Å². The molecule has 1 aliphatic rings. The van der Waals surface area contributed by atoms with Gasteiger partial charge in [-0.1, -0.05) is 49.4 Å². The van der Waals surface area contributed by atoms with E-state index >= 15 is 0 Å². The van der Waals surface area contributed by atoms with Crippen molar-refractivity contribution < 1.29 is 9.59 Å². The van der Waals surface area contributed by atoms with Crippen LogP contribution in [0.4, 0.5) is 11.4 Å². The van der Waals surface area contributed by atoms with Gasteiger partial charge in [-0.2, -0.15) is 0 Å². The summed E-state index contributed by atoms with van der Waals surface area (Å²) in [5.41, 5.74) is 3.91. The van der Waals surface area contributed by atoms with Crippen LogP contribution in [0, 0.1) is 0 Å². The van der Waals surface area contributed by atoms with E-state index in [1.54, 1.807) is 6.20 Å². The lowest BCUT2D eigenvalue weighted by molar-refractivity contribution is -0.136. The van der Waals surface area contributed by atoms with E-state index in [1.807, 2.05) is 55.6 Å². The Morgan fingerprint density at radius 3 is 2.35 bits per heavy atom. The van der Waals surface area contributed by atoms with Gasteiger partial charge in [-0.25, -0.2) is 0 Å². The van der Waals surface area contributed by atoms with Gasteiger partial charge in [-0.3, -0.25) is 19.5 Å². The Morgan fingerprint density at radius 2 is 1.65 bits per heavy atom. The van der Waals surface area contributed by atoms with Gasteiger partial charge in [0.2, 0.25) is 0 Å². The zero-order valence-corrected chi connectivity index (χ0v) is 19.5. The molecule has 2 amide bonds. The van der Waals surface area contributed by atoms with Crippen molar-refractivity contribution in [2.45, 2.75) is 19.4 Å². The van der Waals surface area contributed by atoms with Crippen molar-refractivity contribution in [3.05, 3.63) is 90.3 Å². The highest BCUT2D eigenvalue weighted by molar-refractivity contribution is 6.39. The molecule has 1 unspecified atom stereocenters. The molecule has 0 radical (unpaired) electrons. The molecule has 1 atom stereocenters. The minimum Gasteiger partial charge on any atom is -0.369 e. The third-order valence-electron chi connectivity index (χ3n) is 6.25. The third-order valence-corrected chi connectivity index (χ3v) is 6.25. The van der Waals surface area contributed by atoms with Crippen LogP contribution in [0.25, 0.3) is 0 Å². The van der Waals surface area contributed by atoms with Crippen molar-refractivity contribution >= 4 is 23.2 Å². The van der Waals surface area contributed by atoms with Crippen LogP contribution >= 0.6 is 0 Å². The van der Waals surface area contributed by atoms with E-state index in [1.165, 1.54) is 5.69 Å². The Bertz CT molecular complexity index is 1080. The van der Waals surface area contributed by atoms with E-state index in [0.29, 0.717) is 12.2 Å². The summed E-state index contributed by atoms with van der Waals surface area (Å²) < 4.78 is 0. The maximum Gasteiger partial charge on any atom is 0.313 e. The number of aromatic nitrogens is 1. The van der Waals surface area contributed by atoms with Crippen LogP contribution in [-0.2, 0) is 16.0 Å². The van der Waals surface area contributed by atoms with Crippen molar-refractivity contribution in [1.82, 2.24) is 15.2 Å². The van der Waals surface area contributed by atoms with Gasteiger partial charge in [0.15, 0.2) is 0 Å². The molecular weight excluding hydrogens is 426 g/mol. The standard InChI is InChI=1S/C27H31N5O2/c1-2-21-9-6-7-13-24(21)30-27(34)26(33)29-20-25(22-10-8-14-28-19-22)32-17-15-31(16-18-32)23-11-4-3-5-12-23/h3-14,19,25H,2,15-18,20H2,1H3,(H,29,33)(H,30,34). The number of carbonyl (C=O) groups is 2. The molecule has 0 aliphatic carbocycles. The first-order valence-corrected chi connectivity index (χ1v) is 11.8. The van der Waals surface area contributed by atoms with Crippen LogP contribution in [0.5, 0.6) is 0 Å². The number of carbonyl (C=O) groups excluding carboxylic acids is 2. The number of para-hydroxylation sites is 2. The Morgan fingerprint density at radius 1 is 0.912 bits per heavy atom. The Labute approximate surface area is 200 Å². The molecule has 34 heavy (non-hydrogen) atoms. The zero-order chi connectivity index (χ0) is 23.8. The number of aryl methyl sites for hydroxylation is 1. The molecule has 4 rings (SSSR count). The molecule has 2 aromatic carbocycles. The number of rotatable bonds is 7. The predicted molar refractivity (Wildman–Crippen MR) is 135 cm³/mol. The average Bonchev–Trinajstić information content (AvgIpc) is 2.90. The summed E-state index contributed by atoms with van der Waals surface area (Å²) in [4.78, 5) is 34.2. The van der Waals surface area contributed by atoms with Crippen LogP contribution in [-0.4, -0.2) is 54.4 Å². The predicted octanol–water partition coefficient (Wildman–Crippen LogP) is 3.26. The highest BCUT2D eigenvalue weighted by Crippen LogP contribution is 2.23. The molecule has 2 heterocycles. The van der Waals surface area contributed by atoms with E-state index in [0.717, 1.165) is 43.7 Å². The van der Waals surface area contributed by atoms with Gasteiger partial charge in [0.25, 0.3) is 0 Å². The molecule has 7 heteroatoms. The molecule has 1 aliphatic heterocycles. The summed E-state index contributed by atoms with van der Waals surface area (Å²) >= 11 is 0. The maximum atomic E-state index is 12.6. The molecule has 0 spiro atoms. The first kappa shape index (κ1) is 23.4.